The van der Waals surface area contributed by atoms with E-state index in [4.69, 9.17) is 15.2 Å². The van der Waals surface area contributed by atoms with Gasteiger partial charge in [-0.2, -0.15) is 0 Å². The van der Waals surface area contributed by atoms with E-state index >= 15 is 0 Å². The second kappa shape index (κ2) is 5.51. The van der Waals surface area contributed by atoms with Gasteiger partial charge in [0.2, 0.25) is 0 Å². The largest absolute Gasteiger partial charge is 0.493 e. The number of nitrogens with two attached hydrogens (primary N) is 1. The van der Waals surface area contributed by atoms with E-state index in [0.717, 1.165) is 16.7 Å². The molecule has 0 aliphatic carbocycles. The van der Waals surface area contributed by atoms with Crippen LogP contribution in [0.4, 0.5) is 0 Å². The molecular formula is C14H16N2O2. The number of benzene rings is 1. The smallest absolute Gasteiger partial charge is 0.161 e. The second-order valence-corrected chi connectivity index (χ2v) is 3.81. The summed E-state index contributed by atoms with van der Waals surface area (Å²) in [5, 5.41) is 0. The van der Waals surface area contributed by atoms with Crippen molar-refractivity contribution in [1.82, 2.24) is 4.98 Å². The molecule has 2 aromatic rings. The number of hydrogen-bond donors (Lipinski definition) is 1. The minimum Gasteiger partial charge on any atom is -0.493 e. The Hall–Kier alpha value is -2.07. The molecule has 94 valence electrons. The van der Waals surface area contributed by atoms with Gasteiger partial charge in [-0.3, -0.25) is 4.98 Å². The topological polar surface area (TPSA) is 57.4 Å². The third kappa shape index (κ3) is 2.28. The second-order valence-electron chi connectivity index (χ2n) is 3.81. The Kier molecular flexibility index (Phi) is 3.79. The van der Waals surface area contributed by atoms with E-state index in [1.54, 1.807) is 26.6 Å². The van der Waals surface area contributed by atoms with Gasteiger partial charge in [0.25, 0.3) is 0 Å². The molecule has 0 atom stereocenters. The lowest BCUT2D eigenvalue weighted by molar-refractivity contribution is 0.355. The standard InChI is InChI=1S/C14H16N2O2/c1-17-13-4-3-10(7-14(13)18-2)12-5-6-16-9-11(12)8-15/h3-7,9H,8,15H2,1-2H3. The molecule has 18 heavy (non-hydrogen) atoms. The van der Waals surface area contributed by atoms with Gasteiger partial charge in [0.1, 0.15) is 0 Å². The Morgan fingerprint density at radius 2 is 1.89 bits per heavy atom. The molecule has 2 N–H and O–H groups in total. The Labute approximate surface area is 106 Å². The van der Waals surface area contributed by atoms with Gasteiger partial charge in [-0.15, -0.1) is 0 Å². The van der Waals surface area contributed by atoms with Gasteiger partial charge in [0.15, 0.2) is 11.5 Å². The van der Waals surface area contributed by atoms with E-state index < -0.39 is 0 Å². The van der Waals surface area contributed by atoms with Crippen LogP contribution in [-0.2, 0) is 6.54 Å². The van der Waals surface area contributed by atoms with Gasteiger partial charge in [-0.1, -0.05) is 6.07 Å². The summed E-state index contributed by atoms with van der Waals surface area (Å²) in [6, 6.07) is 7.75. The highest BCUT2D eigenvalue weighted by Gasteiger charge is 2.08. The summed E-state index contributed by atoms with van der Waals surface area (Å²) in [6.45, 7) is 0.456. The predicted molar refractivity (Wildman–Crippen MR) is 70.7 cm³/mol. The molecule has 0 unspecified atom stereocenters. The fraction of sp³-hybridized carbons (Fsp3) is 0.214. The molecule has 1 heterocycles. The van der Waals surface area contributed by atoms with Crippen molar-refractivity contribution >= 4 is 0 Å². The zero-order valence-corrected chi connectivity index (χ0v) is 10.5. The average molecular weight is 244 g/mol. The van der Waals surface area contributed by atoms with Crippen molar-refractivity contribution in [2.24, 2.45) is 5.73 Å². The van der Waals surface area contributed by atoms with Crippen LogP contribution in [0.15, 0.2) is 36.7 Å². The van der Waals surface area contributed by atoms with Crippen LogP contribution in [-0.4, -0.2) is 19.2 Å². The Morgan fingerprint density at radius 1 is 1.11 bits per heavy atom. The zero-order chi connectivity index (χ0) is 13.0. The van der Waals surface area contributed by atoms with Gasteiger partial charge in [0.05, 0.1) is 14.2 Å². The SMILES string of the molecule is COc1ccc(-c2ccncc2CN)cc1OC. The molecule has 0 aliphatic rings. The van der Waals surface area contributed by atoms with Crippen LogP contribution in [0, 0.1) is 0 Å². The number of aromatic nitrogens is 1. The van der Waals surface area contributed by atoms with Gasteiger partial charge in [0, 0.05) is 18.9 Å². The third-order valence-corrected chi connectivity index (χ3v) is 2.82. The molecule has 0 saturated heterocycles. The van der Waals surface area contributed by atoms with E-state index in [2.05, 4.69) is 4.98 Å². The van der Waals surface area contributed by atoms with Crippen LogP contribution in [0.2, 0.25) is 0 Å². The quantitative estimate of drug-likeness (QED) is 0.896. The van der Waals surface area contributed by atoms with Gasteiger partial charge in [-0.05, 0) is 34.9 Å². The predicted octanol–water partition coefficient (Wildman–Crippen LogP) is 2.22. The van der Waals surface area contributed by atoms with Crippen molar-refractivity contribution in [1.29, 1.82) is 0 Å². The maximum atomic E-state index is 5.72. The van der Waals surface area contributed by atoms with Crippen molar-refractivity contribution in [3.8, 4) is 22.6 Å². The molecular weight excluding hydrogens is 228 g/mol. The number of ether oxygens (including phenoxy) is 2. The summed E-state index contributed by atoms with van der Waals surface area (Å²) < 4.78 is 10.5. The monoisotopic (exact) mass is 244 g/mol. The van der Waals surface area contributed by atoms with Gasteiger partial charge in [-0.25, -0.2) is 0 Å². The molecule has 0 saturated carbocycles. The molecule has 4 nitrogen and oxygen atoms in total. The Morgan fingerprint density at radius 3 is 2.56 bits per heavy atom. The summed E-state index contributed by atoms with van der Waals surface area (Å²) in [4.78, 5) is 4.08. The zero-order valence-electron chi connectivity index (χ0n) is 10.5. The third-order valence-electron chi connectivity index (χ3n) is 2.82. The van der Waals surface area contributed by atoms with Crippen molar-refractivity contribution in [3.05, 3.63) is 42.2 Å². The lowest BCUT2D eigenvalue weighted by atomic mass is 10.0. The van der Waals surface area contributed by atoms with E-state index in [9.17, 15) is 0 Å². The number of hydrogen-bond acceptors (Lipinski definition) is 4. The first-order valence-corrected chi connectivity index (χ1v) is 5.65. The Bertz CT molecular complexity index is 541. The van der Waals surface area contributed by atoms with Crippen LogP contribution < -0.4 is 15.2 Å². The summed E-state index contributed by atoms with van der Waals surface area (Å²) >= 11 is 0. The maximum Gasteiger partial charge on any atom is 0.161 e. The summed E-state index contributed by atoms with van der Waals surface area (Å²) in [6.07, 6.45) is 3.54. The van der Waals surface area contributed by atoms with Crippen molar-refractivity contribution < 1.29 is 9.47 Å². The fourth-order valence-electron chi connectivity index (χ4n) is 1.88. The first kappa shape index (κ1) is 12.4. The first-order valence-electron chi connectivity index (χ1n) is 5.65. The summed E-state index contributed by atoms with van der Waals surface area (Å²) in [5.74, 6) is 1.42. The number of pyridine rings is 1. The molecule has 2 rings (SSSR count). The molecule has 0 spiro atoms. The highest BCUT2D eigenvalue weighted by Crippen LogP contribution is 2.33. The minimum atomic E-state index is 0.456. The molecule has 1 aromatic heterocycles. The van der Waals surface area contributed by atoms with Crippen LogP contribution in [0.5, 0.6) is 11.5 Å². The molecule has 4 heteroatoms. The normalized spacial score (nSPS) is 10.2. The van der Waals surface area contributed by atoms with Crippen LogP contribution in [0.3, 0.4) is 0 Å². The highest BCUT2D eigenvalue weighted by molar-refractivity contribution is 5.69. The van der Waals surface area contributed by atoms with Crippen molar-refractivity contribution in [3.63, 3.8) is 0 Å². The molecule has 0 amide bonds. The molecule has 0 aliphatic heterocycles. The van der Waals surface area contributed by atoms with Gasteiger partial charge < -0.3 is 15.2 Å². The number of rotatable bonds is 4. The van der Waals surface area contributed by atoms with E-state index in [1.807, 2.05) is 24.3 Å². The number of nitrogens with zero attached hydrogens (tertiary/aromatic N) is 1. The van der Waals surface area contributed by atoms with Gasteiger partial charge >= 0.3 is 0 Å². The first-order chi connectivity index (χ1) is 8.80. The molecule has 0 radical (unpaired) electrons. The molecule has 1 aromatic carbocycles. The fourth-order valence-corrected chi connectivity index (χ4v) is 1.88. The van der Waals surface area contributed by atoms with Crippen molar-refractivity contribution in [2.75, 3.05) is 14.2 Å². The van der Waals surface area contributed by atoms with E-state index in [-0.39, 0.29) is 0 Å². The average Bonchev–Trinajstić information content (AvgIpc) is 2.46. The maximum absolute atomic E-state index is 5.72. The lowest BCUT2D eigenvalue weighted by Gasteiger charge is -2.11. The van der Waals surface area contributed by atoms with Crippen LogP contribution in [0.1, 0.15) is 5.56 Å². The summed E-state index contributed by atoms with van der Waals surface area (Å²) in [7, 11) is 3.24. The van der Waals surface area contributed by atoms with Crippen LogP contribution >= 0.6 is 0 Å². The van der Waals surface area contributed by atoms with E-state index in [1.165, 1.54) is 0 Å². The van der Waals surface area contributed by atoms with Crippen molar-refractivity contribution in [2.45, 2.75) is 6.54 Å². The van der Waals surface area contributed by atoms with E-state index in [0.29, 0.717) is 18.0 Å². The van der Waals surface area contributed by atoms with Crippen LogP contribution in [0.25, 0.3) is 11.1 Å². The summed E-state index contributed by atoms with van der Waals surface area (Å²) in [5.41, 5.74) is 8.82. The highest BCUT2D eigenvalue weighted by atomic mass is 16.5. The minimum absolute atomic E-state index is 0.456. The number of methoxy groups -OCH3 is 2. The molecule has 0 fully saturated rings. The Balaban J connectivity index is 2.51. The molecule has 0 bridgehead atoms. The lowest BCUT2D eigenvalue weighted by Crippen LogP contribution is -2.00.